The number of hydrogen-bond acceptors (Lipinski definition) is 4. The Labute approximate surface area is 121 Å². The minimum absolute atomic E-state index is 0.00629. The lowest BCUT2D eigenvalue weighted by molar-refractivity contribution is -0.137. The van der Waals surface area contributed by atoms with E-state index < -0.39 is 17.5 Å². The molecule has 0 aliphatic carbocycles. The highest BCUT2D eigenvalue weighted by Gasteiger charge is 2.24. The summed E-state index contributed by atoms with van der Waals surface area (Å²) in [6.07, 6.45) is 0. The molecule has 0 saturated heterocycles. The number of benzene rings is 1. The lowest BCUT2D eigenvalue weighted by Crippen LogP contribution is -2.16. The highest BCUT2D eigenvalue weighted by atomic mass is 35.5. The average molecular weight is 300 g/mol. The molecule has 0 atom stereocenters. The Morgan fingerprint density at radius 3 is 2.65 bits per heavy atom. The van der Waals surface area contributed by atoms with E-state index >= 15 is 0 Å². The Balaban J connectivity index is 3.53. The van der Waals surface area contributed by atoms with E-state index in [2.05, 4.69) is 4.99 Å². The second kappa shape index (κ2) is 7.05. The molecule has 0 bridgehead atoms. The van der Waals surface area contributed by atoms with Crippen LogP contribution in [0.15, 0.2) is 28.8 Å². The van der Waals surface area contributed by atoms with Crippen LogP contribution in [-0.2, 0) is 9.53 Å². The molecule has 1 aromatic carbocycles. The maximum absolute atomic E-state index is 13.8. The molecule has 4 nitrogen and oxygen atoms in total. The summed E-state index contributed by atoms with van der Waals surface area (Å²) in [7, 11) is 1.45. The highest BCUT2D eigenvalue weighted by Crippen LogP contribution is 2.28. The van der Waals surface area contributed by atoms with Crippen molar-refractivity contribution in [1.29, 1.82) is 0 Å². The molecule has 1 aromatic rings. The summed E-state index contributed by atoms with van der Waals surface area (Å²) >= 11 is 5.87. The van der Waals surface area contributed by atoms with Gasteiger partial charge in [-0.15, -0.1) is 0 Å². The normalized spacial score (nSPS) is 12.9. The van der Waals surface area contributed by atoms with Crippen molar-refractivity contribution in [1.82, 2.24) is 0 Å². The van der Waals surface area contributed by atoms with Gasteiger partial charge in [0.05, 0.1) is 17.2 Å². The highest BCUT2D eigenvalue weighted by molar-refractivity contribution is 6.33. The molecule has 0 aliphatic rings. The first-order valence-corrected chi connectivity index (χ1v) is 6.30. The average Bonchev–Trinajstić information content (AvgIpc) is 2.38. The van der Waals surface area contributed by atoms with Gasteiger partial charge in [0, 0.05) is 12.8 Å². The Morgan fingerprint density at radius 1 is 1.50 bits per heavy atom. The zero-order valence-electron chi connectivity index (χ0n) is 11.4. The van der Waals surface area contributed by atoms with Crippen LogP contribution in [0.25, 0.3) is 5.76 Å². The van der Waals surface area contributed by atoms with Crippen molar-refractivity contribution in [2.75, 3.05) is 13.7 Å². The molecule has 0 amide bonds. The summed E-state index contributed by atoms with van der Waals surface area (Å²) in [5, 5.41) is 10.2. The number of ether oxygens (including phenoxy) is 1. The van der Waals surface area contributed by atoms with E-state index in [0.717, 1.165) is 6.07 Å². The molecule has 0 aromatic heterocycles. The first-order valence-electron chi connectivity index (χ1n) is 5.92. The van der Waals surface area contributed by atoms with Gasteiger partial charge in [-0.05, 0) is 26.0 Å². The number of aliphatic hydroxyl groups is 1. The molecule has 1 N–H and O–H groups in total. The Bertz CT molecular complexity index is 562. The van der Waals surface area contributed by atoms with Gasteiger partial charge in [-0.1, -0.05) is 17.7 Å². The van der Waals surface area contributed by atoms with Crippen LogP contribution in [-0.4, -0.2) is 30.4 Å². The van der Waals surface area contributed by atoms with Crippen LogP contribution in [0, 0.1) is 5.82 Å². The number of aliphatic imine (C=N–C) groups is 1. The first kappa shape index (κ1) is 16.2. The summed E-state index contributed by atoms with van der Waals surface area (Å²) < 4.78 is 18.7. The standard InChI is InChI=1S/C14H15ClFNO3/c1-4-20-14(19)11(8(2)17-3)13(18)12-9(15)6-5-7-10(12)16/h5-7,18H,4H2,1-3H3. The second-order valence-electron chi connectivity index (χ2n) is 3.85. The van der Waals surface area contributed by atoms with Crippen molar-refractivity contribution in [2.45, 2.75) is 13.8 Å². The lowest BCUT2D eigenvalue weighted by Gasteiger charge is -2.11. The van der Waals surface area contributed by atoms with Gasteiger partial charge in [-0.25, -0.2) is 9.18 Å². The third-order valence-corrected chi connectivity index (χ3v) is 2.93. The van der Waals surface area contributed by atoms with Gasteiger partial charge in [-0.2, -0.15) is 0 Å². The predicted octanol–water partition coefficient (Wildman–Crippen LogP) is 3.40. The molecule has 6 heteroatoms. The SMILES string of the molecule is CCOC(=O)C(C(C)=NC)=C(O)c1c(F)cccc1Cl. The molecule has 0 heterocycles. The van der Waals surface area contributed by atoms with E-state index in [0.29, 0.717) is 0 Å². The van der Waals surface area contributed by atoms with Crippen LogP contribution in [0.3, 0.4) is 0 Å². The largest absolute Gasteiger partial charge is 0.506 e. The molecule has 0 spiro atoms. The van der Waals surface area contributed by atoms with E-state index in [1.807, 2.05) is 0 Å². The maximum Gasteiger partial charge on any atom is 0.343 e. The molecule has 0 aliphatic heterocycles. The number of hydrogen-bond donors (Lipinski definition) is 1. The minimum atomic E-state index is -0.785. The minimum Gasteiger partial charge on any atom is -0.506 e. The van der Waals surface area contributed by atoms with Crippen LogP contribution in [0.4, 0.5) is 4.39 Å². The smallest absolute Gasteiger partial charge is 0.343 e. The fourth-order valence-corrected chi connectivity index (χ4v) is 1.83. The zero-order valence-corrected chi connectivity index (χ0v) is 12.2. The summed E-state index contributed by atoms with van der Waals surface area (Å²) in [4.78, 5) is 15.7. The van der Waals surface area contributed by atoms with E-state index in [-0.39, 0.29) is 28.5 Å². The molecule has 0 radical (unpaired) electrons. The number of carbonyl (C=O) groups is 1. The van der Waals surface area contributed by atoms with E-state index in [1.165, 1.54) is 26.1 Å². The summed E-state index contributed by atoms with van der Waals surface area (Å²) in [6, 6.07) is 3.95. The molecule has 0 unspecified atom stereocenters. The number of esters is 1. The van der Waals surface area contributed by atoms with Gasteiger partial charge in [0.25, 0.3) is 0 Å². The fourth-order valence-electron chi connectivity index (χ4n) is 1.58. The molecular formula is C14H15ClFNO3. The van der Waals surface area contributed by atoms with Crippen molar-refractivity contribution in [2.24, 2.45) is 4.99 Å². The third-order valence-electron chi connectivity index (χ3n) is 2.61. The summed E-state index contributed by atoms with van der Waals surface area (Å²) in [6.45, 7) is 3.26. The maximum atomic E-state index is 13.8. The van der Waals surface area contributed by atoms with Gasteiger partial charge in [0.15, 0.2) is 0 Å². The van der Waals surface area contributed by atoms with Crippen molar-refractivity contribution >= 4 is 29.0 Å². The van der Waals surface area contributed by atoms with Gasteiger partial charge in [0.2, 0.25) is 0 Å². The zero-order chi connectivity index (χ0) is 15.3. The first-order chi connectivity index (χ1) is 9.43. The Hall–Kier alpha value is -1.88. The van der Waals surface area contributed by atoms with Crippen molar-refractivity contribution in [3.63, 3.8) is 0 Å². The molecule has 0 saturated carbocycles. The Kier molecular flexibility index (Phi) is 5.70. The van der Waals surface area contributed by atoms with Gasteiger partial charge in [-0.3, -0.25) is 4.99 Å². The van der Waals surface area contributed by atoms with Crippen molar-refractivity contribution in [3.8, 4) is 0 Å². The van der Waals surface area contributed by atoms with E-state index in [4.69, 9.17) is 16.3 Å². The third kappa shape index (κ3) is 3.36. The van der Waals surface area contributed by atoms with Crippen LogP contribution >= 0.6 is 11.6 Å². The summed E-state index contributed by atoms with van der Waals surface area (Å²) in [5.74, 6) is -2.11. The Morgan fingerprint density at radius 2 is 2.15 bits per heavy atom. The monoisotopic (exact) mass is 299 g/mol. The molecule has 1 rings (SSSR count). The predicted molar refractivity (Wildman–Crippen MR) is 76.6 cm³/mol. The topological polar surface area (TPSA) is 58.9 Å². The summed E-state index contributed by atoms with van der Waals surface area (Å²) in [5.41, 5.74) is -0.234. The number of rotatable bonds is 4. The molecular weight excluding hydrogens is 285 g/mol. The van der Waals surface area contributed by atoms with E-state index in [1.54, 1.807) is 6.92 Å². The number of aliphatic hydroxyl groups excluding tert-OH is 1. The van der Waals surface area contributed by atoms with E-state index in [9.17, 15) is 14.3 Å². The molecule has 20 heavy (non-hydrogen) atoms. The van der Waals surface area contributed by atoms with Crippen molar-refractivity contribution < 1.29 is 19.0 Å². The van der Waals surface area contributed by atoms with Gasteiger partial charge >= 0.3 is 5.97 Å². The van der Waals surface area contributed by atoms with Crippen LogP contribution < -0.4 is 0 Å². The molecule has 0 fully saturated rings. The number of carbonyl (C=O) groups excluding carboxylic acids is 1. The number of halogens is 2. The lowest BCUT2D eigenvalue weighted by atomic mass is 10.0. The second-order valence-corrected chi connectivity index (χ2v) is 4.26. The van der Waals surface area contributed by atoms with Crippen LogP contribution in [0.2, 0.25) is 5.02 Å². The van der Waals surface area contributed by atoms with Gasteiger partial charge < -0.3 is 9.84 Å². The number of nitrogens with zero attached hydrogens (tertiary/aromatic N) is 1. The molecule has 108 valence electrons. The van der Waals surface area contributed by atoms with Gasteiger partial charge in [0.1, 0.15) is 17.1 Å². The van der Waals surface area contributed by atoms with Crippen LogP contribution in [0.5, 0.6) is 0 Å². The fraction of sp³-hybridized carbons (Fsp3) is 0.286. The van der Waals surface area contributed by atoms with Crippen molar-refractivity contribution in [3.05, 3.63) is 40.2 Å². The quantitative estimate of drug-likeness (QED) is 0.401. The van der Waals surface area contributed by atoms with Crippen LogP contribution in [0.1, 0.15) is 19.4 Å².